The maximum absolute atomic E-state index is 14.9. The van der Waals surface area contributed by atoms with E-state index < -0.39 is 58.1 Å². The number of benzene rings is 2. The van der Waals surface area contributed by atoms with E-state index in [9.17, 15) is 28.0 Å². The zero-order valence-electron chi connectivity index (χ0n) is 17.2. The molecular formula is C22H15BrF3N3O4. The average molecular weight is 522 g/mol. The van der Waals surface area contributed by atoms with Crippen molar-refractivity contribution in [2.75, 3.05) is 19.1 Å². The molecule has 1 aliphatic heterocycles. The summed E-state index contributed by atoms with van der Waals surface area (Å²) >= 11 is 2.93. The van der Waals surface area contributed by atoms with Gasteiger partial charge >= 0.3 is 11.9 Å². The lowest BCUT2D eigenvalue weighted by Gasteiger charge is -2.36. The first-order valence-corrected chi connectivity index (χ1v) is 9.97. The number of hydrogen-bond donors (Lipinski definition) is 1. The summed E-state index contributed by atoms with van der Waals surface area (Å²) in [4.78, 5) is 26.4. The number of carbonyl (C=O) groups is 2. The number of rotatable bonds is 4. The lowest BCUT2D eigenvalue weighted by atomic mass is 9.81. The Labute approximate surface area is 194 Å². The molecule has 0 radical (unpaired) electrons. The van der Waals surface area contributed by atoms with Gasteiger partial charge in [0.05, 0.1) is 37.4 Å². The molecule has 2 N–H and O–H groups in total. The number of hydrogen-bond acceptors (Lipinski definition) is 7. The normalized spacial score (nSPS) is 15.9. The standard InChI is InChI=1S/C22H15BrF3N3O4/c1-32-21(30)15-14(10-6-4-3-5-7-10)11(9-27)20(28)29(19(15)22(31)33-2)18-12(23)8-13(24)16(25)17(18)26/h3-8,14H,28H2,1-2H3. The molecule has 2 aromatic carbocycles. The van der Waals surface area contributed by atoms with Gasteiger partial charge in [-0.15, -0.1) is 0 Å². The molecule has 0 saturated heterocycles. The van der Waals surface area contributed by atoms with E-state index in [4.69, 9.17) is 15.2 Å². The smallest absolute Gasteiger partial charge is 0.355 e. The predicted octanol–water partition coefficient (Wildman–Crippen LogP) is 3.76. The van der Waals surface area contributed by atoms with E-state index >= 15 is 0 Å². The number of methoxy groups -OCH3 is 2. The Balaban J connectivity index is 2.50. The third-order valence-corrected chi connectivity index (χ3v) is 5.53. The Morgan fingerprint density at radius 1 is 1.09 bits per heavy atom. The van der Waals surface area contributed by atoms with Gasteiger partial charge in [0.25, 0.3) is 0 Å². The van der Waals surface area contributed by atoms with Crippen molar-refractivity contribution in [1.29, 1.82) is 5.26 Å². The van der Waals surface area contributed by atoms with Crippen LogP contribution in [0.4, 0.5) is 18.9 Å². The highest BCUT2D eigenvalue weighted by molar-refractivity contribution is 9.10. The molecule has 0 aliphatic carbocycles. The first-order valence-electron chi connectivity index (χ1n) is 9.18. The zero-order chi connectivity index (χ0) is 24.4. The van der Waals surface area contributed by atoms with Gasteiger partial charge < -0.3 is 15.2 Å². The number of nitriles is 1. The highest BCUT2D eigenvalue weighted by Gasteiger charge is 2.44. The van der Waals surface area contributed by atoms with Crippen LogP contribution in [0.15, 0.2) is 63.5 Å². The second-order valence-electron chi connectivity index (χ2n) is 6.65. The molecule has 0 aromatic heterocycles. The van der Waals surface area contributed by atoms with Crippen molar-refractivity contribution in [3.63, 3.8) is 0 Å². The molecule has 33 heavy (non-hydrogen) atoms. The van der Waals surface area contributed by atoms with Gasteiger partial charge in [-0.05, 0) is 27.6 Å². The summed E-state index contributed by atoms with van der Waals surface area (Å²) in [5.41, 5.74) is 4.55. The van der Waals surface area contributed by atoms with Crippen LogP contribution in [0.25, 0.3) is 0 Å². The Bertz CT molecular complexity index is 1260. The molecule has 3 rings (SSSR count). The van der Waals surface area contributed by atoms with Crippen LogP contribution in [0.5, 0.6) is 0 Å². The molecule has 0 fully saturated rings. The van der Waals surface area contributed by atoms with E-state index in [0.717, 1.165) is 14.2 Å². The van der Waals surface area contributed by atoms with Gasteiger partial charge in [-0.3, -0.25) is 4.90 Å². The number of esters is 2. The third kappa shape index (κ3) is 3.93. The van der Waals surface area contributed by atoms with Crippen LogP contribution in [-0.2, 0) is 19.1 Å². The number of nitrogens with two attached hydrogens (primary N) is 1. The number of allylic oxidation sites excluding steroid dienone is 1. The van der Waals surface area contributed by atoms with E-state index in [1.807, 2.05) is 6.07 Å². The Morgan fingerprint density at radius 2 is 1.70 bits per heavy atom. The number of carbonyl (C=O) groups excluding carboxylic acids is 2. The second-order valence-corrected chi connectivity index (χ2v) is 7.51. The van der Waals surface area contributed by atoms with Crippen LogP contribution < -0.4 is 10.6 Å². The maximum Gasteiger partial charge on any atom is 0.355 e. The molecule has 1 atom stereocenters. The summed E-state index contributed by atoms with van der Waals surface area (Å²) < 4.78 is 52.1. The van der Waals surface area contributed by atoms with Crippen LogP contribution in [-0.4, -0.2) is 26.2 Å². The highest BCUT2D eigenvalue weighted by atomic mass is 79.9. The van der Waals surface area contributed by atoms with Crippen molar-refractivity contribution in [1.82, 2.24) is 0 Å². The fourth-order valence-electron chi connectivity index (χ4n) is 3.51. The molecule has 11 heteroatoms. The number of halogens is 4. The minimum atomic E-state index is -1.85. The zero-order valence-corrected chi connectivity index (χ0v) is 18.7. The summed E-state index contributed by atoms with van der Waals surface area (Å²) in [6.45, 7) is 0. The van der Waals surface area contributed by atoms with Gasteiger partial charge in [0.2, 0.25) is 0 Å². The van der Waals surface area contributed by atoms with E-state index in [1.54, 1.807) is 30.3 Å². The molecule has 0 amide bonds. The molecule has 170 valence electrons. The molecule has 2 aromatic rings. The van der Waals surface area contributed by atoms with E-state index in [0.29, 0.717) is 16.5 Å². The second kappa shape index (κ2) is 9.38. The number of ether oxygens (including phenoxy) is 2. The van der Waals surface area contributed by atoms with Crippen LogP contribution in [0.1, 0.15) is 11.5 Å². The fraction of sp³-hybridized carbons (Fsp3) is 0.136. The van der Waals surface area contributed by atoms with E-state index in [1.165, 1.54) is 0 Å². The van der Waals surface area contributed by atoms with Gasteiger partial charge in [-0.1, -0.05) is 30.3 Å². The minimum Gasteiger partial charge on any atom is -0.466 e. The largest absolute Gasteiger partial charge is 0.466 e. The molecule has 1 unspecified atom stereocenters. The SMILES string of the molecule is COC(=O)C1=C(C(=O)OC)N(c2c(Br)cc(F)c(F)c2F)C(N)=C(C#N)C1c1ccccc1. The fourth-order valence-corrected chi connectivity index (χ4v) is 4.06. The van der Waals surface area contributed by atoms with Crippen LogP contribution in [0.3, 0.4) is 0 Å². The van der Waals surface area contributed by atoms with Gasteiger partial charge in [0.1, 0.15) is 17.2 Å². The Kier molecular flexibility index (Phi) is 6.78. The first kappa shape index (κ1) is 23.9. The number of nitrogens with zero attached hydrogens (tertiary/aromatic N) is 2. The molecule has 0 bridgehead atoms. The van der Waals surface area contributed by atoms with Crippen molar-refractivity contribution >= 4 is 33.6 Å². The lowest BCUT2D eigenvalue weighted by Crippen LogP contribution is -2.41. The van der Waals surface area contributed by atoms with E-state index in [-0.39, 0.29) is 10.0 Å². The third-order valence-electron chi connectivity index (χ3n) is 4.92. The summed E-state index contributed by atoms with van der Waals surface area (Å²) in [6, 6.07) is 10.6. The van der Waals surface area contributed by atoms with Gasteiger partial charge in [0.15, 0.2) is 17.5 Å². The van der Waals surface area contributed by atoms with Gasteiger partial charge in [-0.2, -0.15) is 5.26 Å². The molecule has 0 saturated carbocycles. The van der Waals surface area contributed by atoms with E-state index in [2.05, 4.69) is 15.9 Å². The van der Waals surface area contributed by atoms with Crippen LogP contribution >= 0.6 is 15.9 Å². The molecule has 0 spiro atoms. The summed E-state index contributed by atoms with van der Waals surface area (Å²) in [6.07, 6.45) is 0. The van der Waals surface area contributed by atoms with Crippen LogP contribution in [0.2, 0.25) is 0 Å². The van der Waals surface area contributed by atoms with Crippen molar-refractivity contribution in [3.8, 4) is 6.07 Å². The van der Waals surface area contributed by atoms with Crippen molar-refractivity contribution in [2.45, 2.75) is 5.92 Å². The van der Waals surface area contributed by atoms with Gasteiger partial charge in [0, 0.05) is 4.47 Å². The molecular weight excluding hydrogens is 507 g/mol. The van der Waals surface area contributed by atoms with Gasteiger partial charge in [-0.25, -0.2) is 22.8 Å². The average Bonchev–Trinajstić information content (AvgIpc) is 2.82. The summed E-state index contributed by atoms with van der Waals surface area (Å²) in [7, 11) is 2.04. The van der Waals surface area contributed by atoms with Crippen molar-refractivity contribution < 1.29 is 32.2 Å². The highest BCUT2D eigenvalue weighted by Crippen LogP contribution is 2.45. The first-order chi connectivity index (χ1) is 15.7. The maximum atomic E-state index is 14.9. The van der Waals surface area contributed by atoms with Crippen molar-refractivity contribution in [3.05, 3.63) is 86.6 Å². The summed E-state index contributed by atoms with van der Waals surface area (Å²) in [5.74, 6) is -8.98. The molecule has 7 nitrogen and oxygen atoms in total. The number of anilines is 1. The Morgan fingerprint density at radius 3 is 2.24 bits per heavy atom. The lowest BCUT2D eigenvalue weighted by molar-refractivity contribution is -0.139. The van der Waals surface area contributed by atoms with Crippen LogP contribution in [0, 0.1) is 28.8 Å². The monoisotopic (exact) mass is 521 g/mol. The molecule has 1 aliphatic rings. The summed E-state index contributed by atoms with van der Waals surface area (Å²) in [5, 5.41) is 9.90. The van der Waals surface area contributed by atoms with Crippen molar-refractivity contribution in [2.24, 2.45) is 5.73 Å². The predicted molar refractivity (Wildman–Crippen MR) is 114 cm³/mol. The topological polar surface area (TPSA) is 106 Å². The Hall–Kier alpha value is -3.78. The quantitative estimate of drug-likeness (QED) is 0.371. The minimum absolute atomic E-state index is 0.259. The molecule has 1 heterocycles.